The lowest BCUT2D eigenvalue weighted by Gasteiger charge is -2.09. The first-order valence-corrected chi connectivity index (χ1v) is 12.0. The Balaban J connectivity index is 1.50. The van der Waals surface area contributed by atoms with Crippen molar-refractivity contribution in [2.75, 3.05) is 13.6 Å². The second-order valence-corrected chi connectivity index (χ2v) is 9.03. The molecule has 0 amide bonds. The van der Waals surface area contributed by atoms with Gasteiger partial charge in [0.15, 0.2) is 0 Å². The maximum absolute atomic E-state index is 14.9. The van der Waals surface area contributed by atoms with E-state index in [0.29, 0.717) is 16.3 Å². The second kappa shape index (κ2) is 9.18. The Kier molecular flexibility index (Phi) is 5.71. The quantitative estimate of drug-likeness (QED) is 0.303. The van der Waals surface area contributed by atoms with E-state index >= 15 is 0 Å². The van der Waals surface area contributed by atoms with E-state index in [1.165, 1.54) is 6.07 Å². The summed E-state index contributed by atoms with van der Waals surface area (Å²) < 4.78 is 18.8. The van der Waals surface area contributed by atoms with Crippen molar-refractivity contribution >= 4 is 28.2 Å². The molecular weight excluding hydrogens is 475 g/mol. The fraction of sp³-hybridized carbons (Fsp3) is 0.107. The Morgan fingerprint density at radius 2 is 1.86 bits per heavy atom. The highest BCUT2D eigenvalue weighted by molar-refractivity contribution is 6.30. The van der Waals surface area contributed by atoms with Crippen LogP contribution in [0.1, 0.15) is 0 Å². The van der Waals surface area contributed by atoms with E-state index in [9.17, 15) is 4.39 Å². The minimum atomic E-state index is -0.371. The van der Waals surface area contributed by atoms with Crippen LogP contribution >= 0.6 is 11.6 Å². The predicted octanol–water partition coefficient (Wildman–Crippen LogP) is 6.09. The standard InChI is InChI=1S/C28H22ClFN6/c1-31-9-11-35-17-21(16-33-35)20-13-19-12-18(5-8-25(19)32-15-20)28-27(23-14-22(29)6-7-24(23)30)34-26-4-2-3-10-36(26)28/h2-8,10,12-17,31H,9,11H2,1H3. The molecule has 0 saturated carbocycles. The number of aromatic nitrogens is 5. The molecular formula is C28H22ClFN6. The summed E-state index contributed by atoms with van der Waals surface area (Å²) in [5, 5.41) is 9.01. The van der Waals surface area contributed by atoms with Gasteiger partial charge in [-0.15, -0.1) is 0 Å². The SMILES string of the molecule is CNCCn1cc(-c2cnc3ccc(-c4c(-c5cc(Cl)ccc5F)nc5ccccn45)cc3c2)cn1. The van der Waals surface area contributed by atoms with Gasteiger partial charge in [-0.3, -0.25) is 14.1 Å². The van der Waals surface area contributed by atoms with E-state index in [1.807, 2.05) is 71.2 Å². The number of halogens is 2. The van der Waals surface area contributed by atoms with Crippen molar-refractivity contribution in [2.24, 2.45) is 0 Å². The first-order valence-electron chi connectivity index (χ1n) is 11.6. The van der Waals surface area contributed by atoms with Crippen molar-refractivity contribution in [3.05, 3.63) is 96.3 Å². The summed E-state index contributed by atoms with van der Waals surface area (Å²) in [6, 6.07) is 18.4. The molecule has 0 aliphatic heterocycles. The van der Waals surface area contributed by atoms with Gasteiger partial charge in [-0.25, -0.2) is 9.37 Å². The average molecular weight is 497 g/mol. The van der Waals surface area contributed by atoms with Crippen molar-refractivity contribution in [3.8, 4) is 33.6 Å². The van der Waals surface area contributed by atoms with Gasteiger partial charge in [0.05, 0.1) is 24.0 Å². The molecule has 0 aliphatic carbocycles. The third kappa shape index (κ3) is 4.02. The summed E-state index contributed by atoms with van der Waals surface area (Å²) in [6.07, 6.45) is 7.67. The summed E-state index contributed by atoms with van der Waals surface area (Å²) in [6.45, 7) is 1.63. The Morgan fingerprint density at radius 1 is 0.972 bits per heavy atom. The molecule has 8 heteroatoms. The maximum Gasteiger partial charge on any atom is 0.137 e. The van der Waals surface area contributed by atoms with Gasteiger partial charge in [-0.1, -0.05) is 23.7 Å². The zero-order chi connectivity index (χ0) is 24.6. The minimum absolute atomic E-state index is 0.363. The largest absolute Gasteiger partial charge is 0.318 e. The van der Waals surface area contributed by atoms with E-state index in [-0.39, 0.29) is 5.82 Å². The number of hydrogen-bond donors (Lipinski definition) is 1. The summed E-state index contributed by atoms with van der Waals surface area (Å²) >= 11 is 6.23. The van der Waals surface area contributed by atoms with Crippen molar-refractivity contribution in [1.82, 2.24) is 29.5 Å². The van der Waals surface area contributed by atoms with Crippen LogP contribution in [0.25, 0.3) is 50.2 Å². The van der Waals surface area contributed by atoms with Gasteiger partial charge in [0.25, 0.3) is 0 Å². The lowest BCUT2D eigenvalue weighted by atomic mass is 10.0. The molecule has 4 aromatic heterocycles. The number of pyridine rings is 2. The van der Waals surface area contributed by atoms with Crippen LogP contribution in [-0.2, 0) is 6.54 Å². The van der Waals surface area contributed by atoms with Crippen molar-refractivity contribution < 1.29 is 4.39 Å². The molecule has 178 valence electrons. The maximum atomic E-state index is 14.9. The number of benzene rings is 2. The van der Waals surface area contributed by atoms with Gasteiger partial charge in [-0.05, 0) is 55.6 Å². The smallest absolute Gasteiger partial charge is 0.137 e. The van der Waals surface area contributed by atoms with Crippen LogP contribution in [0.15, 0.2) is 85.5 Å². The van der Waals surface area contributed by atoms with Gasteiger partial charge in [-0.2, -0.15) is 5.10 Å². The predicted molar refractivity (Wildman–Crippen MR) is 141 cm³/mol. The monoisotopic (exact) mass is 496 g/mol. The molecule has 0 atom stereocenters. The highest BCUT2D eigenvalue weighted by Crippen LogP contribution is 2.36. The fourth-order valence-electron chi connectivity index (χ4n) is 4.44. The topological polar surface area (TPSA) is 60.0 Å². The molecule has 0 saturated heterocycles. The molecule has 1 N–H and O–H groups in total. The summed E-state index contributed by atoms with van der Waals surface area (Å²) in [5.74, 6) is -0.371. The zero-order valence-electron chi connectivity index (χ0n) is 19.5. The number of rotatable bonds is 6. The Morgan fingerprint density at radius 3 is 2.75 bits per heavy atom. The number of nitrogens with zero attached hydrogens (tertiary/aromatic N) is 5. The first-order chi connectivity index (χ1) is 17.6. The Labute approximate surface area is 212 Å². The van der Waals surface area contributed by atoms with Gasteiger partial charge < -0.3 is 5.32 Å². The number of hydrogen-bond acceptors (Lipinski definition) is 4. The molecule has 6 rings (SSSR count). The molecule has 0 fully saturated rings. The summed E-state index contributed by atoms with van der Waals surface area (Å²) in [5.41, 5.74) is 6.17. The molecule has 6 nitrogen and oxygen atoms in total. The van der Waals surface area contributed by atoms with E-state index in [1.54, 1.807) is 12.1 Å². The van der Waals surface area contributed by atoms with Crippen molar-refractivity contribution in [2.45, 2.75) is 6.54 Å². The normalized spacial score (nSPS) is 11.5. The third-order valence-electron chi connectivity index (χ3n) is 6.23. The molecule has 0 radical (unpaired) electrons. The number of imidazole rings is 1. The Hall–Kier alpha value is -4.07. The van der Waals surface area contributed by atoms with Gasteiger partial charge in [0.1, 0.15) is 17.2 Å². The van der Waals surface area contributed by atoms with Crippen LogP contribution < -0.4 is 5.32 Å². The highest BCUT2D eigenvalue weighted by atomic mass is 35.5. The molecule has 0 unspecified atom stereocenters. The molecule has 0 aliphatic rings. The van der Waals surface area contributed by atoms with Crippen LogP contribution in [0.4, 0.5) is 4.39 Å². The van der Waals surface area contributed by atoms with Crippen LogP contribution in [0.3, 0.4) is 0 Å². The first kappa shape index (κ1) is 22.4. The van der Waals surface area contributed by atoms with E-state index < -0.39 is 0 Å². The van der Waals surface area contributed by atoms with Crippen molar-refractivity contribution in [3.63, 3.8) is 0 Å². The van der Waals surface area contributed by atoms with Gasteiger partial charge in [0.2, 0.25) is 0 Å². The second-order valence-electron chi connectivity index (χ2n) is 8.59. The van der Waals surface area contributed by atoms with Gasteiger partial charge >= 0.3 is 0 Å². The molecule has 0 bridgehead atoms. The lowest BCUT2D eigenvalue weighted by Crippen LogP contribution is -2.14. The fourth-order valence-corrected chi connectivity index (χ4v) is 4.61. The summed E-state index contributed by atoms with van der Waals surface area (Å²) in [7, 11) is 1.92. The number of nitrogens with one attached hydrogen (secondary N) is 1. The number of likely N-dealkylation sites (N-methyl/N-ethyl adjacent to an activating group) is 1. The van der Waals surface area contributed by atoms with Gasteiger partial charge in [0, 0.05) is 57.8 Å². The van der Waals surface area contributed by atoms with Crippen LogP contribution in [0, 0.1) is 5.82 Å². The molecule has 0 spiro atoms. The van der Waals surface area contributed by atoms with E-state index in [2.05, 4.69) is 27.5 Å². The third-order valence-corrected chi connectivity index (χ3v) is 6.46. The van der Waals surface area contributed by atoms with Crippen molar-refractivity contribution in [1.29, 1.82) is 0 Å². The zero-order valence-corrected chi connectivity index (χ0v) is 20.2. The average Bonchev–Trinajstić information content (AvgIpc) is 3.53. The van der Waals surface area contributed by atoms with Crippen LogP contribution in [0.2, 0.25) is 5.02 Å². The van der Waals surface area contributed by atoms with Crippen LogP contribution in [0.5, 0.6) is 0 Å². The van der Waals surface area contributed by atoms with Crippen LogP contribution in [-0.4, -0.2) is 37.7 Å². The molecule has 36 heavy (non-hydrogen) atoms. The Bertz CT molecular complexity index is 1720. The minimum Gasteiger partial charge on any atom is -0.318 e. The lowest BCUT2D eigenvalue weighted by molar-refractivity contribution is 0.585. The molecule has 6 aromatic rings. The molecule has 2 aromatic carbocycles. The summed E-state index contributed by atoms with van der Waals surface area (Å²) in [4.78, 5) is 9.44. The number of fused-ring (bicyclic) bond motifs is 2. The molecule has 4 heterocycles. The van der Waals surface area contributed by atoms with E-state index in [0.717, 1.165) is 52.0 Å². The van der Waals surface area contributed by atoms with E-state index in [4.69, 9.17) is 16.6 Å². The highest BCUT2D eigenvalue weighted by Gasteiger charge is 2.19.